The largest absolute Gasteiger partial charge is 0.472 e. The first-order valence-corrected chi connectivity index (χ1v) is 38.9. The van der Waals surface area contributed by atoms with E-state index in [1.54, 1.807) is 0 Å². The highest BCUT2D eigenvalue weighted by Crippen LogP contribution is 2.45. The predicted molar refractivity (Wildman–Crippen MR) is 358 cm³/mol. The monoisotopic (exact) mass is 1310 g/mol. The van der Waals surface area contributed by atoms with E-state index in [2.05, 4.69) is 58.9 Å². The number of ether oxygens (including phenoxy) is 4. The van der Waals surface area contributed by atoms with Gasteiger partial charge in [0.2, 0.25) is 0 Å². The van der Waals surface area contributed by atoms with Gasteiger partial charge < -0.3 is 33.8 Å². The fourth-order valence-corrected chi connectivity index (χ4v) is 11.7. The minimum absolute atomic E-state index is 0.0848. The first kappa shape index (κ1) is 86.5. The molecule has 0 saturated heterocycles. The van der Waals surface area contributed by atoms with Gasteiger partial charge in [0, 0.05) is 25.7 Å². The number of carbonyl (C=O) groups excluding carboxylic acids is 4. The molecule has 0 aromatic carbocycles. The molecule has 0 bridgehead atoms. The van der Waals surface area contributed by atoms with E-state index in [4.69, 9.17) is 37.0 Å². The van der Waals surface area contributed by atoms with Crippen LogP contribution in [0.5, 0.6) is 0 Å². The summed E-state index contributed by atoms with van der Waals surface area (Å²) in [6, 6.07) is 0. The molecule has 0 spiro atoms. The maximum atomic E-state index is 13.0. The minimum Gasteiger partial charge on any atom is -0.462 e. The second-order valence-corrected chi connectivity index (χ2v) is 28.0. The highest BCUT2D eigenvalue weighted by Gasteiger charge is 2.30. The Bertz CT molecular complexity index is 1810. The molecule has 89 heavy (non-hydrogen) atoms. The van der Waals surface area contributed by atoms with Gasteiger partial charge in [-0.1, -0.05) is 284 Å². The van der Waals surface area contributed by atoms with E-state index in [-0.39, 0.29) is 25.7 Å². The van der Waals surface area contributed by atoms with Crippen LogP contribution < -0.4 is 0 Å². The number of carbonyl (C=O) groups is 4. The van der Waals surface area contributed by atoms with E-state index >= 15 is 0 Å². The van der Waals surface area contributed by atoms with Crippen molar-refractivity contribution in [2.24, 2.45) is 5.92 Å². The normalized spacial score (nSPS) is 14.3. The van der Waals surface area contributed by atoms with Gasteiger partial charge in [0.1, 0.15) is 19.3 Å². The third-order valence-electron chi connectivity index (χ3n) is 15.7. The molecule has 17 nitrogen and oxygen atoms in total. The maximum absolute atomic E-state index is 13.0. The molecule has 0 aliphatic carbocycles. The summed E-state index contributed by atoms with van der Waals surface area (Å²) in [6.45, 7) is 7.15. The lowest BCUT2D eigenvalue weighted by Crippen LogP contribution is -2.30. The van der Waals surface area contributed by atoms with Crippen molar-refractivity contribution < 1.29 is 80.2 Å². The van der Waals surface area contributed by atoms with Crippen molar-refractivity contribution >= 4 is 39.5 Å². The van der Waals surface area contributed by atoms with Crippen molar-refractivity contribution in [1.82, 2.24) is 0 Å². The van der Waals surface area contributed by atoms with Crippen LogP contribution in [0.15, 0.2) is 24.3 Å². The zero-order chi connectivity index (χ0) is 65.6. The first-order valence-electron chi connectivity index (χ1n) is 36.0. The molecular formula is C70H132O17P2. The Hall–Kier alpha value is -2.46. The number of esters is 4. The highest BCUT2D eigenvalue weighted by atomic mass is 31.2. The summed E-state index contributed by atoms with van der Waals surface area (Å²) in [6.07, 6.45) is 52.0. The van der Waals surface area contributed by atoms with Crippen LogP contribution in [0.3, 0.4) is 0 Å². The number of aliphatic hydroxyl groups is 1. The van der Waals surface area contributed by atoms with Crippen LogP contribution in [0.1, 0.15) is 336 Å². The smallest absolute Gasteiger partial charge is 0.462 e. The topological polar surface area (TPSA) is 237 Å². The van der Waals surface area contributed by atoms with Crippen LogP contribution in [0.4, 0.5) is 0 Å². The lowest BCUT2D eigenvalue weighted by atomic mass is 10.0. The summed E-state index contributed by atoms with van der Waals surface area (Å²) in [5, 5.41) is 10.6. The van der Waals surface area contributed by atoms with Crippen molar-refractivity contribution in [3.8, 4) is 0 Å². The fourth-order valence-electron chi connectivity index (χ4n) is 10.1. The lowest BCUT2D eigenvalue weighted by molar-refractivity contribution is -0.161. The summed E-state index contributed by atoms with van der Waals surface area (Å²) >= 11 is 0. The molecule has 2 unspecified atom stereocenters. The Morgan fingerprint density at radius 3 is 0.921 bits per heavy atom. The summed E-state index contributed by atoms with van der Waals surface area (Å²) in [7, 11) is -9.91. The zero-order valence-electron chi connectivity index (χ0n) is 57.0. The molecule has 0 aliphatic rings. The Labute approximate surface area is 542 Å². The van der Waals surface area contributed by atoms with Crippen molar-refractivity contribution in [2.45, 2.75) is 355 Å². The van der Waals surface area contributed by atoms with Crippen LogP contribution in [-0.2, 0) is 65.4 Å². The number of allylic oxidation sites excluding steroid dienone is 4. The molecule has 0 heterocycles. The van der Waals surface area contributed by atoms with Crippen molar-refractivity contribution in [1.29, 1.82) is 0 Å². The van der Waals surface area contributed by atoms with Gasteiger partial charge in [0.05, 0.1) is 26.4 Å². The molecule has 5 atom stereocenters. The van der Waals surface area contributed by atoms with Crippen LogP contribution in [0.2, 0.25) is 0 Å². The van der Waals surface area contributed by atoms with Crippen LogP contribution >= 0.6 is 15.6 Å². The summed E-state index contributed by atoms with van der Waals surface area (Å²) in [5.74, 6) is -1.41. The van der Waals surface area contributed by atoms with Gasteiger partial charge in [0.15, 0.2) is 12.2 Å². The number of phosphoric ester groups is 2. The van der Waals surface area contributed by atoms with Crippen LogP contribution in [0, 0.1) is 5.92 Å². The number of phosphoric acid groups is 2. The van der Waals surface area contributed by atoms with E-state index < -0.39 is 97.5 Å². The predicted octanol–water partition coefficient (Wildman–Crippen LogP) is 19.7. The second-order valence-electron chi connectivity index (χ2n) is 25.1. The molecule has 0 fully saturated rings. The van der Waals surface area contributed by atoms with Gasteiger partial charge in [-0.3, -0.25) is 37.3 Å². The molecule has 0 radical (unpaired) electrons. The van der Waals surface area contributed by atoms with Gasteiger partial charge >= 0.3 is 39.5 Å². The summed E-state index contributed by atoms with van der Waals surface area (Å²) < 4.78 is 68.2. The minimum atomic E-state index is -4.96. The third kappa shape index (κ3) is 64.1. The van der Waals surface area contributed by atoms with Crippen molar-refractivity contribution in [3.63, 3.8) is 0 Å². The molecule has 0 aromatic rings. The van der Waals surface area contributed by atoms with Gasteiger partial charge in [-0.05, 0) is 57.3 Å². The molecule has 19 heteroatoms. The Kier molecular flexibility index (Phi) is 61.2. The molecule has 0 aliphatic heterocycles. The summed E-state index contributed by atoms with van der Waals surface area (Å²) in [4.78, 5) is 72.5. The fraction of sp³-hybridized carbons (Fsp3) is 0.886. The quantitative estimate of drug-likeness (QED) is 0.0169. The Morgan fingerprint density at radius 2 is 0.607 bits per heavy atom. The molecular weight excluding hydrogens is 1170 g/mol. The number of hydrogen-bond acceptors (Lipinski definition) is 15. The number of rotatable bonds is 68. The van der Waals surface area contributed by atoms with E-state index in [1.165, 1.54) is 148 Å². The molecule has 0 saturated carbocycles. The van der Waals surface area contributed by atoms with Gasteiger partial charge in [-0.25, -0.2) is 9.13 Å². The Morgan fingerprint density at radius 1 is 0.348 bits per heavy atom. The standard InChI is InChI=1S/C70H132O17P2/c1-6-9-12-15-18-21-24-26-27-28-30-35-41-46-51-56-70(75)87-66(60-81-68(73)54-49-44-39-36-31-32-37-42-47-52-63(4)5)62-85-89(78,79)83-58-64(71)57-82-88(76,77)84-61-65(59-80-67(72)53-48-43-38-33-23-20-17-14-11-8-3)86-69(74)55-50-45-40-34-29-25-22-19-16-13-10-7-2/h21,24,26-27,63-66,71H,6-20,22-23,25,28-62H2,1-5H3,(H,76,77)(H,78,79)/b24-21-,27-26-/t64-,65+,66+/m0/s1. The van der Waals surface area contributed by atoms with E-state index in [1.807, 2.05) is 0 Å². The number of unbranched alkanes of at least 4 members (excludes halogenated alkanes) is 37. The van der Waals surface area contributed by atoms with Crippen molar-refractivity contribution in [2.75, 3.05) is 39.6 Å². The maximum Gasteiger partial charge on any atom is 0.472 e. The molecule has 0 rings (SSSR count). The third-order valence-corrected chi connectivity index (χ3v) is 17.6. The summed E-state index contributed by atoms with van der Waals surface area (Å²) in [5.41, 5.74) is 0. The van der Waals surface area contributed by atoms with E-state index in [0.29, 0.717) is 25.7 Å². The highest BCUT2D eigenvalue weighted by molar-refractivity contribution is 7.47. The number of hydrogen-bond donors (Lipinski definition) is 3. The van der Waals surface area contributed by atoms with Gasteiger partial charge in [-0.15, -0.1) is 0 Å². The lowest BCUT2D eigenvalue weighted by Gasteiger charge is -2.21. The first-order chi connectivity index (χ1) is 43.0. The number of aliphatic hydroxyl groups excluding tert-OH is 1. The van der Waals surface area contributed by atoms with E-state index in [0.717, 1.165) is 109 Å². The SMILES string of the molecule is CCCCCC/C=C\C=C/CCCCCCCC(=O)O[C@H](COC(=O)CCCCCCCCCCCC(C)C)COP(=O)(O)OC[C@@H](O)COP(=O)(O)OC[C@@H](COC(=O)CCCCCCCCCCCC)OC(=O)CCCCCCCCCCCCCC. The average Bonchev–Trinajstić information content (AvgIpc) is 3.71. The van der Waals surface area contributed by atoms with Crippen LogP contribution in [-0.4, -0.2) is 96.7 Å². The van der Waals surface area contributed by atoms with Gasteiger partial charge in [0.25, 0.3) is 0 Å². The van der Waals surface area contributed by atoms with E-state index in [9.17, 15) is 43.2 Å². The molecule has 524 valence electrons. The second kappa shape index (κ2) is 63.0. The molecule has 0 amide bonds. The Balaban J connectivity index is 5.29. The average molecular weight is 1310 g/mol. The van der Waals surface area contributed by atoms with Gasteiger partial charge in [-0.2, -0.15) is 0 Å². The van der Waals surface area contributed by atoms with Crippen LogP contribution in [0.25, 0.3) is 0 Å². The molecule has 3 N–H and O–H groups in total. The zero-order valence-corrected chi connectivity index (χ0v) is 58.8. The van der Waals surface area contributed by atoms with Crippen molar-refractivity contribution in [3.05, 3.63) is 24.3 Å². The molecule has 0 aromatic heterocycles.